The second-order valence-corrected chi connectivity index (χ2v) is 7.16. The minimum Gasteiger partial charge on any atom is -0.466 e. The number of rotatable bonds is 7. The van der Waals surface area contributed by atoms with Crippen LogP contribution in [0.3, 0.4) is 0 Å². The third-order valence-electron chi connectivity index (χ3n) is 3.39. The van der Waals surface area contributed by atoms with E-state index in [2.05, 4.69) is 4.72 Å². The minimum atomic E-state index is -3.73. The van der Waals surface area contributed by atoms with E-state index in [-0.39, 0.29) is 31.5 Å². The Morgan fingerprint density at radius 1 is 1.43 bits per heavy atom. The van der Waals surface area contributed by atoms with Crippen molar-refractivity contribution >= 4 is 16.2 Å². The number of hydrogen-bond donors (Lipinski definition) is 3. The molecule has 1 unspecified atom stereocenters. The average molecular weight is 324 g/mol. The highest BCUT2D eigenvalue weighted by molar-refractivity contribution is 7.87. The Hall–Kier alpha value is -0.740. The summed E-state index contributed by atoms with van der Waals surface area (Å²) in [6.45, 7) is 3.01. The summed E-state index contributed by atoms with van der Waals surface area (Å²) in [5, 5.41) is 18.5. The van der Waals surface area contributed by atoms with Gasteiger partial charge in [0.2, 0.25) is 0 Å². The van der Waals surface area contributed by atoms with E-state index in [1.807, 2.05) is 0 Å². The molecular weight excluding hydrogens is 300 g/mol. The van der Waals surface area contributed by atoms with Crippen molar-refractivity contribution in [2.45, 2.75) is 32.3 Å². The fourth-order valence-electron chi connectivity index (χ4n) is 1.99. The van der Waals surface area contributed by atoms with Gasteiger partial charge in [0.1, 0.15) is 0 Å². The summed E-state index contributed by atoms with van der Waals surface area (Å²) >= 11 is 0. The van der Waals surface area contributed by atoms with Crippen molar-refractivity contribution in [2.24, 2.45) is 5.92 Å². The van der Waals surface area contributed by atoms with E-state index in [9.17, 15) is 18.3 Å². The molecule has 8 nitrogen and oxygen atoms in total. The van der Waals surface area contributed by atoms with Crippen LogP contribution in [0.1, 0.15) is 26.7 Å². The third kappa shape index (κ3) is 5.51. The molecule has 1 fully saturated rings. The Morgan fingerprint density at radius 2 is 2.00 bits per heavy atom. The van der Waals surface area contributed by atoms with Gasteiger partial charge in [-0.1, -0.05) is 0 Å². The summed E-state index contributed by atoms with van der Waals surface area (Å²) in [6.07, 6.45) is 0.826. The molecule has 0 amide bonds. The Balaban J connectivity index is 2.51. The van der Waals surface area contributed by atoms with Crippen LogP contribution in [0.15, 0.2) is 0 Å². The molecule has 0 radical (unpaired) electrons. The van der Waals surface area contributed by atoms with Crippen molar-refractivity contribution in [2.75, 3.05) is 32.8 Å². The lowest BCUT2D eigenvalue weighted by Crippen LogP contribution is -2.50. The van der Waals surface area contributed by atoms with Gasteiger partial charge in [-0.2, -0.15) is 17.4 Å². The zero-order valence-corrected chi connectivity index (χ0v) is 13.2. The first-order valence-corrected chi connectivity index (χ1v) is 8.40. The Morgan fingerprint density at radius 3 is 2.48 bits per heavy atom. The van der Waals surface area contributed by atoms with E-state index < -0.39 is 22.4 Å². The number of esters is 1. The van der Waals surface area contributed by atoms with Gasteiger partial charge in [0.05, 0.1) is 24.7 Å². The van der Waals surface area contributed by atoms with Gasteiger partial charge in [0, 0.05) is 19.6 Å². The lowest BCUT2D eigenvalue weighted by atomic mass is 9.98. The van der Waals surface area contributed by atoms with Crippen molar-refractivity contribution in [3.63, 3.8) is 0 Å². The van der Waals surface area contributed by atoms with Gasteiger partial charge < -0.3 is 14.9 Å². The third-order valence-corrected chi connectivity index (χ3v) is 4.94. The summed E-state index contributed by atoms with van der Waals surface area (Å²) in [5.41, 5.74) is -1.50. The zero-order chi connectivity index (χ0) is 16.1. The molecule has 0 aromatic heterocycles. The number of carbonyl (C=O) groups is 1. The van der Waals surface area contributed by atoms with Gasteiger partial charge in [-0.05, 0) is 26.7 Å². The molecule has 1 atom stereocenters. The number of aliphatic hydroxyl groups excluding tert-OH is 1. The van der Waals surface area contributed by atoms with Crippen LogP contribution in [0.4, 0.5) is 0 Å². The molecule has 1 aliphatic rings. The number of piperidine rings is 1. The standard InChI is InChI=1S/C12H24N2O6S/c1-3-20-11(16)10-4-6-14(7-5-10)21(18,19)13-8-12(2,17)9-15/h10,13,15,17H,3-9H2,1-2H3. The van der Waals surface area contributed by atoms with E-state index >= 15 is 0 Å². The lowest BCUT2D eigenvalue weighted by molar-refractivity contribution is -0.149. The van der Waals surface area contributed by atoms with Crippen LogP contribution < -0.4 is 4.72 Å². The Labute approximate surface area is 125 Å². The molecule has 1 heterocycles. The van der Waals surface area contributed by atoms with Crippen LogP contribution in [0, 0.1) is 5.92 Å². The number of nitrogens with zero attached hydrogens (tertiary/aromatic N) is 1. The molecule has 0 spiro atoms. The fourth-order valence-corrected chi connectivity index (χ4v) is 3.35. The SMILES string of the molecule is CCOC(=O)C1CCN(S(=O)(=O)NCC(C)(O)CO)CC1. The van der Waals surface area contributed by atoms with Crippen molar-refractivity contribution < 1.29 is 28.2 Å². The second-order valence-electron chi connectivity index (χ2n) is 5.41. The molecule has 0 saturated carbocycles. The van der Waals surface area contributed by atoms with Crippen LogP contribution in [0.5, 0.6) is 0 Å². The molecule has 0 aromatic rings. The Kier molecular flexibility index (Phi) is 6.54. The number of carbonyl (C=O) groups excluding carboxylic acids is 1. The number of ether oxygens (including phenoxy) is 1. The summed E-state index contributed by atoms with van der Waals surface area (Å²) in [5.74, 6) is -0.553. The molecule has 9 heteroatoms. The van der Waals surface area contributed by atoms with Gasteiger partial charge in [0.15, 0.2) is 0 Å². The molecule has 1 aliphatic heterocycles. The molecule has 21 heavy (non-hydrogen) atoms. The van der Waals surface area contributed by atoms with Crippen LogP contribution in [0.25, 0.3) is 0 Å². The summed E-state index contributed by atoms with van der Waals surface area (Å²) < 4.78 is 32.5. The number of aliphatic hydroxyl groups is 2. The predicted molar refractivity (Wildman–Crippen MR) is 75.6 cm³/mol. The monoisotopic (exact) mass is 324 g/mol. The first kappa shape index (κ1) is 18.3. The molecule has 3 N–H and O–H groups in total. The van der Waals surface area contributed by atoms with E-state index in [4.69, 9.17) is 9.84 Å². The second kappa shape index (κ2) is 7.50. The topological polar surface area (TPSA) is 116 Å². The molecule has 1 rings (SSSR count). The van der Waals surface area contributed by atoms with Crippen molar-refractivity contribution in [1.82, 2.24) is 9.03 Å². The molecule has 124 valence electrons. The van der Waals surface area contributed by atoms with Crippen molar-refractivity contribution in [1.29, 1.82) is 0 Å². The predicted octanol–water partition coefficient (Wildman–Crippen LogP) is -1.16. The molecule has 0 aromatic carbocycles. The van der Waals surface area contributed by atoms with E-state index in [0.29, 0.717) is 19.4 Å². The molecule has 1 saturated heterocycles. The lowest BCUT2D eigenvalue weighted by Gasteiger charge is -2.31. The maximum atomic E-state index is 12.1. The molecular formula is C12H24N2O6S. The fraction of sp³-hybridized carbons (Fsp3) is 0.917. The first-order valence-electron chi connectivity index (χ1n) is 6.96. The summed E-state index contributed by atoms with van der Waals surface area (Å²) in [4.78, 5) is 11.6. The van der Waals surface area contributed by atoms with Gasteiger partial charge in [-0.15, -0.1) is 0 Å². The van der Waals surface area contributed by atoms with Crippen LogP contribution in [-0.2, 0) is 19.7 Å². The van der Waals surface area contributed by atoms with Crippen LogP contribution >= 0.6 is 0 Å². The first-order chi connectivity index (χ1) is 9.72. The highest BCUT2D eigenvalue weighted by atomic mass is 32.2. The van der Waals surface area contributed by atoms with Crippen molar-refractivity contribution in [3.05, 3.63) is 0 Å². The maximum absolute atomic E-state index is 12.1. The van der Waals surface area contributed by atoms with Crippen LogP contribution in [-0.4, -0.2) is 67.4 Å². The van der Waals surface area contributed by atoms with Gasteiger partial charge in [-0.3, -0.25) is 4.79 Å². The Bertz CT molecular complexity index is 443. The zero-order valence-electron chi connectivity index (χ0n) is 12.4. The molecule has 0 bridgehead atoms. The maximum Gasteiger partial charge on any atom is 0.309 e. The van der Waals surface area contributed by atoms with E-state index in [1.54, 1.807) is 6.92 Å². The summed E-state index contributed by atoms with van der Waals surface area (Å²) in [7, 11) is -3.73. The van der Waals surface area contributed by atoms with Crippen molar-refractivity contribution in [3.8, 4) is 0 Å². The highest BCUT2D eigenvalue weighted by Gasteiger charge is 2.32. The normalized spacial score (nSPS) is 21.0. The van der Waals surface area contributed by atoms with Crippen LogP contribution in [0.2, 0.25) is 0 Å². The van der Waals surface area contributed by atoms with E-state index in [1.165, 1.54) is 11.2 Å². The average Bonchev–Trinajstić information content (AvgIpc) is 2.46. The quantitative estimate of drug-likeness (QED) is 0.509. The number of hydrogen-bond acceptors (Lipinski definition) is 6. The van der Waals surface area contributed by atoms with Gasteiger partial charge in [-0.25, -0.2) is 0 Å². The number of nitrogens with one attached hydrogen (secondary N) is 1. The minimum absolute atomic E-state index is 0.222. The summed E-state index contributed by atoms with van der Waals surface area (Å²) in [6, 6.07) is 0. The van der Waals surface area contributed by atoms with E-state index in [0.717, 1.165) is 0 Å². The van der Waals surface area contributed by atoms with Gasteiger partial charge in [0.25, 0.3) is 10.2 Å². The largest absolute Gasteiger partial charge is 0.466 e. The molecule has 0 aliphatic carbocycles. The van der Waals surface area contributed by atoms with Gasteiger partial charge >= 0.3 is 5.97 Å². The smallest absolute Gasteiger partial charge is 0.309 e. The highest BCUT2D eigenvalue weighted by Crippen LogP contribution is 2.20.